The zero-order valence-electron chi connectivity index (χ0n) is 16.6. The van der Waals surface area contributed by atoms with Crippen LogP contribution in [0.2, 0.25) is 0 Å². The third-order valence-corrected chi connectivity index (χ3v) is 8.58. The quantitative estimate of drug-likeness (QED) is 0.465. The van der Waals surface area contributed by atoms with Crippen molar-refractivity contribution < 1.29 is 0 Å². The van der Waals surface area contributed by atoms with Crippen molar-refractivity contribution in [2.45, 2.75) is 103 Å². The largest absolute Gasteiger partial charge is 0.0996 e. The first-order valence-corrected chi connectivity index (χ1v) is 11.8. The van der Waals surface area contributed by atoms with Gasteiger partial charge < -0.3 is 0 Å². The maximum Gasteiger partial charge on any atom is 0.0203 e. The summed E-state index contributed by atoms with van der Waals surface area (Å²) in [5.41, 5.74) is 0. The molecule has 0 aromatic carbocycles. The Kier molecular flexibility index (Phi) is 6.10. The third-order valence-electron chi connectivity index (χ3n) is 8.58. The molecule has 0 aromatic rings. The zero-order chi connectivity index (χ0) is 17.1. The van der Waals surface area contributed by atoms with Crippen molar-refractivity contribution in [2.75, 3.05) is 0 Å². The van der Waals surface area contributed by atoms with Gasteiger partial charge in [0.05, 0.1) is 0 Å². The molecule has 0 atom stereocenters. The zero-order valence-corrected chi connectivity index (χ0v) is 16.6. The summed E-state index contributed by atoms with van der Waals surface area (Å²) in [7, 11) is 0. The lowest BCUT2D eigenvalue weighted by atomic mass is 9.64. The Hall–Kier alpha value is -0.440. The van der Waals surface area contributed by atoms with Gasteiger partial charge >= 0.3 is 0 Å². The molecule has 4 fully saturated rings. The predicted octanol–water partition coefficient (Wildman–Crippen LogP) is 7.23. The van der Waals surface area contributed by atoms with E-state index in [2.05, 4.69) is 18.8 Å². The van der Waals surface area contributed by atoms with E-state index in [0.717, 1.165) is 41.4 Å². The van der Waals surface area contributed by atoms with Gasteiger partial charge in [-0.2, -0.15) is 0 Å². The van der Waals surface area contributed by atoms with Gasteiger partial charge in [-0.3, -0.25) is 0 Å². The molecule has 140 valence electrons. The highest BCUT2D eigenvalue weighted by Crippen LogP contribution is 2.46. The van der Waals surface area contributed by atoms with Gasteiger partial charge in [0.15, 0.2) is 0 Å². The summed E-state index contributed by atoms with van der Waals surface area (Å²) >= 11 is 0. The average molecular weight is 341 g/mol. The van der Waals surface area contributed by atoms with Gasteiger partial charge in [0.2, 0.25) is 0 Å². The molecule has 25 heavy (non-hydrogen) atoms. The highest BCUT2D eigenvalue weighted by atomic mass is 14.4. The van der Waals surface area contributed by atoms with Crippen molar-refractivity contribution in [3.8, 4) is 11.8 Å². The first kappa shape index (κ1) is 17.9. The van der Waals surface area contributed by atoms with E-state index in [0.29, 0.717) is 0 Å². The standard InChI is InChI=1S/C25H40/c1-19-5-7-20(8-6-19)9-10-21-11-13-23(14-12-21)25-17-15-24(16-18-25)22-3-2-4-22/h19-25H,2-8,11-18H2,1H3. The molecule has 0 aliphatic heterocycles. The normalized spacial score (nSPS) is 42.9. The van der Waals surface area contributed by atoms with Gasteiger partial charge in [0.1, 0.15) is 0 Å². The maximum absolute atomic E-state index is 3.72. The monoisotopic (exact) mass is 340 g/mol. The molecule has 4 aliphatic carbocycles. The molecule has 0 amide bonds. The Morgan fingerprint density at radius 1 is 0.440 bits per heavy atom. The molecule has 0 bridgehead atoms. The van der Waals surface area contributed by atoms with Crippen LogP contribution in [-0.2, 0) is 0 Å². The molecule has 0 heteroatoms. The molecule has 4 rings (SSSR count). The lowest BCUT2D eigenvalue weighted by Crippen LogP contribution is -2.30. The molecule has 0 nitrogen and oxygen atoms in total. The lowest BCUT2D eigenvalue weighted by molar-refractivity contribution is 0.102. The van der Waals surface area contributed by atoms with Gasteiger partial charge in [-0.1, -0.05) is 38.0 Å². The van der Waals surface area contributed by atoms with Crippen LogP contribution in [0, 0.1) is 53.3 Å². The smallest absolute Gasteiger partial charge is 0.0203 e. The fourth-order valence-electron chi connectivity index (χ4n) is 6.37. The van der Waals surface area contributed by atoms with Crippen LogP contribution >= 0.6 is 0 Å². The number of rotatable bonds is 2. The topological polar surface area (TPSA) is 0 Å². The molecular weight excluding hydrogens is 300 g/mol. The summed E-state index contributed by atoms with van der Waals surface area (Å²) in [6.07, 6.45) is 22.2. The van der Waals surface area contributed by atoms with Crippen LogP contribution in [0.25, 0.3) is 0 Å². The minimum absolute atomic E-state index is 0.732. The Morgan fingerprint density at radius 2 is 0.800 bits per heavy atom. The van der Waals surface area contributed by atoms with Gasteiger partial charge in [-0.15, -0.1) is 0 Å². The van der Waals surface area contributed by atoms with Crippen molar-refractivity contribution in [2.24, 2.45) is 41.4 Å². The Balaban J connectivity index is 1.17. The Labute approximate surface area is 156 Å². The van der Waals surface area contributed by atoms with Crippen LogP contribution in [-0.4, -0.2) is 0 Å². The molecule has 0 spiro atoms. The van der Waals surface area contributed by atoms with Crippen LogP contribution in [0.3, 0.4) is 0 Å². The fraction of sp³-hybridized carbons (Fsp3) is 0.920. The van der Waals surface area contributed by atoms with E-state index in [1.165, 1.54) is 57.8 Å². The molecular formula is C25H40. The van der Waals surface area contributed by atoms with Crippen LogP contribution in [0.4, 0.5) is 0 Å². The molecule has 4 saturated carbocycles. The summed E-state index contributed by atoms with van der Waals surface area (Å²) in [4.78, 5) is 0. The molecule has 0 unspecified atom stereocenters. The molecule has 0 aromatic heterocycles. The molecule has 0 radical (unpaired) electrons. The lowest BCUT2D eigenvalue weighted by Gasteiger charge is -2.41. The SMILES string of the molecule is CC1CCC(C#CC2CCC(C3CCC(C4CCC4)CC3)CC2)CC1. The summed E-state index contributed by atoms with van der Waals surface area (Å²) in [6, 6.07) is 0. The van der Waals surface area contributed by atoms with E-state index in [1.54, 1.807) is 38.5 Å². The summed E-state index contributed by atoms with van der Waals surface area (Å²) in [5.74, 6) is 14.2. The molecule has 4 aliphatic rings. The second-order valence-corrected chi connectivity index (χ2v) is 10.2. The van der Waals surface area contributed by atoms with Gasteiger partial charge in [-0.25, -0.2) is 0 Å². The van der Waals surface area contributed by atoms with Crippen LogP contribution in [0.5, 0.6) is 0 Å². The van der Waals surface area contributed by atoms with Crippen molar-refractivity contribution in [3.63, 3.8) is 0 Å². The first-order chi connectivity index (χ1) is 12.3. The fourth-order valence-corrected chi connectivity index (χ4v) is 6.37. The average Bonchev–Trinajstić information content (AvgIpc) is 2.61. The molecule has 0 heterocycles. The first-order valence-electron chi connectivity index (χ1n) is 11.8. The Bertz CT molecular complexity index is 452. The van der Waals surface area contributed by atoms with Crippen molar-refractivity contribution in [3.05, 3.63) is 0 Å². The van der Waals surface area contributed by atoms with Crippen molar-refractivity contribution >= 4 is 0 Å². The summed E-state index contributed by atoms with van der Waals surface area (Å²) in [6.45, 7) is 2.41. The minimum atomic E-state index is 0.732. The number of hydrogen-bond donors (Lipinski definition) is 0. The third kappa shape index (κ3) is 4.64. The van der Waals surface area contributed by atoms with Crippen LogP contribution in [0.1, 0.15) is 103 Å². The van der Waals surface area contributed by atoms with E-state index >= 15 is 0 Å². The molecule has 0 N–H and O–H groups in total. The minimum Gasteiger partial charge on any atom is -0.0996 e. The van der Waals surface area contributed by atoms with Gasteiger partial charge in [0, 0.05) is 11.8 Å². The van der Waals surface area contributed by atoms with E-state index in [-0.39, 0.29) is 0 Å². The van der Waals surface area contributed by atoms with E-state index in [1.807, 2.05) is 0 Å². The van der Waals surface area contributed by atoms with E-state index in [4.69, 9.17) is 0 Å². The highest BCUT2D eigenvalue weighted by molar-refractivity contribution is 5.09. The predicted molar refractivity (Wildman–Crippen MR) is 107 cm³/mol. The second-order valence-electron chi connectivity index (χ2n) is 10.2. The van der Waals surface area contributed by atoms with Crippen LogP contribution < -0.4 is 0 Å². The van der Waals surface area contributed by atoms with Crippen LogP contribution in [0.15, 0.2) is 0 Å². The second kappa shape index (κ2) is 8.50. The number of hydrogen-bond acceptors (Lipinski definition) is 0. The van der Waals surface area contributed by atoms with Gasteiger partial charge in [-0.05, 0) is 107 Å². The highest BCUT2D eigenvalue weighted by Gasteiger charge is 2.34. The van der Waals surface area contributed by atoms with Crippen molar-refractivity contribution in [1.82, 2.24) is 0 Å². The Morgan fingerprint density at radius 3 is 1.20 bits per heavy atom. The van der Waals surface area contributed by atoms with Crippen molar-refractivity contribution in [1.29, 1.82) is 0 Å². The maximum atomic E-state index is 3.72. The van der Waals surface area contributed by atoms with E-state index in [9.17, 15) is 0 Å². The van der Waals surface area contributed by atoms with E-state index < -0.39 is 0 Å². The summed E-state index contributed by atoms with van der Waals surface area (Å²) in [5, 5.41) is 0. The molecule has 0 saturated heterocycles. The summed E-state index contributed by atoms with van der Waals surface area (Å²) < 4.78 is 0. The van der Waals surface area contributed by atoms with Gasteiger partial charge in [0.25, 0.3) is 0 Å².